The maximum Gasteiger partial charge on any atom is 0.123 e. The summed E-state index contributed by atoms with van der Waals surface area (Å²) in [6, 6.07) is 6.81. The van der Waals surface area contributed by atoms with Crippen molar-refractivity contribution in [2.24, 2.45) is 5.73 Å². The second kappa shape index (κ2) is 3.13. The summed E-state index contributed by atoms with van der Waals surface area (Å²) in [5.74, 6) is -0.367. The average Bonchev–Trinajstić information content (AvgIpc) is 2.03. The molecular formula is C8H7FN2. The molecule has 0 bridgehead atoms. The first kappa shape index (κ1) is 7.70. The van der Waals surface area contributed by atoms with Crippen molar-refractivity contribution < 1.29 is 4.39 Å². The van der Waals surface area contributed by atoms with Gasteiger partial charge in [-0.15, -0.1) is 0 Å². The maximum atomic E-state index is 12.5. The highest BCUT2D eigenvalue weighted by Gasteiger charge is 2.03. The highest BCUT2D eigenvalue weighted by molar-refractivity contribution is 5.23. The smallest absolute Gasteiger partial charge is 0.123 e. The van der Waals surface area contributed by atoms with Crippen LogP contribution in [0, 0.1) is 17.1 Å². The molecule has 0 saturated heterocycles. The van der Waals surface area contributed by atoms with Crippen molar-refractivity contribution in [2.45, 2.75) is 6.04 Å². The van der Waals surface area contributed by atoms with Gasteiger partial charge < -0.3 is 5.73 Å². The third-order valence-electron chi connectivity index (χ3n) is 1.35. The van der Waals surface area contributed by atoms with Gasteiger partial charge in [-0.25, -0.2) is 4.39 Å². The lowest BCUT2D eigenvalue weighted by Gasteiger charge is -2.00. The normalized spacial score (nSPS) is 12.1. The van der Waals surface area contributed by atoms with Gasteiger partial charge in [0, 0.05) is 0 Å². The van der Waals surface area contributed by atoms with Crippen LogP contribution in [0.25, 0.3) is 0 Å². The Morgan fingerprint density at radius 1 is 1.55 bits per heavy atom. The zero-order valence-corrected chi connectivity index (χ0v) is 5.79. The molecule has 1 atom stereocenters. The topological polar surface area (TPSA) is 49.8 Å². The molecule has 0 unspecified atom stereocenters. The molecule has 1 aromatic carbocycles. The van der Waals surface area contributed by atoms with Gasteiger partial charge in [-0.1, -0.05) is 12.1 Å². The van der Waals surface area contributed by atoms with Crippen molar-refractivity contribution in [2.75, 3.05) is 0 Å². The number of hydrogen-bond donors (Lipinski definition) is 1. The molecule has 0 saturated carbocycles. The van der Waals surface area contributed by atoms with Crippen LogP contribution in [0.1, 0.15) is 11.6 Å². The van der Waals surface area contributed by atoms with Crippen molar-refractivity contribution in [1.82, 2.24) is 0 Å². The van der Waals surface area contributed by atoms with Crippen LogP contribution < -0.4 is 5.73 Å². The fraction of sp³-hybridized carbons (Fsp3) is 0.125. The van der Waals surface area contributed by atoms with Gasteiger partial charge in [-0.05, 0) is 17.7 Å². The van der Waals surface area contributed by atoms with E-state index < -0.39 is 6.04 Å². The molecule has 0 aliphatic carbocycles. The van der Waals surface area contributed by atoms with Crippen LogP contribution in [0.5, 0.6) is 0 Å². The predicted molar refractivity (Wildman–Crippen MR) is 38.9 cm³/mol. The minimum atomic E-state index is -0.731. The molecule has 1 aromatic rings. The van der Waals surface area contributed by atoms with Crippen molar-refractivity contribution >= 4 is 0 Å². The van der Waals surface area contributed by atoms with Crippen molar-refractivity contribution in [3.05, 3.63) is 35.6 Å². The Hall–Kier alpha value is -1.40. The van der Waals surface area contributed by atoms with Crippen LogP contribution in [0.4, 0.5) is 4.39 Å². The van der Waals surface area contributed by atoms with E-state index in [1.165, 1.54) is 18.2 Å². The summed E-state index contributed by atoms with van der Waals surface area (Å²) in [6.07, 6.45) is 0. The quantitative estimate of drug-likeness (QED) is 0.656. The lowest BCUT2D eigenvalue weighted by atomic mass is 10.1. The monoisotopic (exact) mass is 150 g/mol. The first-order valence-electron chi connectivity index (χ1n) is 3.14. The SMILES string of the molecule is N#C[C@@H](N)c1cccc(F)c1. The second-order valence-corrected chi connectivity index (χ2v) is 2.16. The molecule has 0 spiro atoms. The summed E-state index contributed by atoms with van der Waals surface area (Å²) >= 11 is 0. The van der Waals surface area contributed by atoms with Gasteiger partial charge in [-0.3, -0.25) is 0 Å². The van der Waals surface area contributed by atoms with Crippen molar-refractivity contribution in [3.8, 4) is 6.07 Å². The number of halogens is 1. The van der Waals surface area contributed by atoms with E-state index in [1.807, 2.05) is 6.07 Å². The summed E-state index contributed by atoms with van der Waals surface area (Å²) in [6.45, 7) is 0. The van der Waals surface area contributed by atoms with Crippen LogP contribution in [-0.4, -0.2) is 0 Å². The molecule has 0 aliphatic heterocycles. The summed E-state index contributed by atoms with van der Waals surface area (Å²) in [4.78, 5) is 0. The van der Waals surface area contributed by atoms with Crippen LogP contribution in [0.3, 0.4) is 0 Å². The van der Waals surface area contributed by atoms with E-state index in [0.29, 0.717) is 5.56 Å². The molecule has 2 N–H and O–H groups in total. The van der Waals surface area contributed by atoms with Gasteiger partial charge in [0.05, 0.1) is 6.07 Å². The van der Waals surface area contributed by atoms with E-state index in [-0.39, 0.29) is 5.82 Å². The molecule has 1 rings (SSSR count). The van der Waals surface area contributed by atoms with Crippen LogP contribution in [0.15, 0.2) is 24.3 Å². The van der Waals surface area contributed by atoms with Gasteiger partial charge in [-0.2, -0.15) is 5.26 Å². The molecule has 0 heterocycles. The number of benzene rings is 1. The Labute approximate surface area is 64.1 Å². The lowest BCUT2D eigenvalue weighted by molar-refractivity contribution is 0.624. The molecule has 2 nitrogen and oxygen atoms in total. The molecule has 0 aliphatic rings. The Morgan fingerprint density at radius 2 is 2.27 bits per heavy atom. The van der Waals surface area contributed by atoms with Gasteiger partial charge >= 0.3 is 0 Å². The van der Waals surface area contributed by atoms with E-state index in [4.69, 9.17) is 11.0 Å². The van der Waals surface area contributed by atoms with Crippen molar-refractivity contribution in [1.29, 1.82) is 5.26 Å². The highest BCUT2D eigenvalue weighted by Crippen LogP contribution is 2.09. The van der Waals surface area contributed by atoms with Gasteiger partial charge in [0.25, 0.3) is 0 Å². The summed E-state index contributed by atoms with van der Waals surface area (Å²) in [5, 5.41) is 8.38. The summed E-state index contributed by atoms with van der Waals surface area (Å²) in [7, 11) is 0. The molecule has 0 radical (unpaired) electrons. The number of nitrogens with zero attached hydrogens (tertiary/aromatic N) is 1. The molecule has 11 heavy (non-hydrogen) atoms. The first-order valence-corrected chi connectivity index (χ1v) is 3.14. The number of nitriles is 1. The Balaban J connectivity index is 2.98. The average molecular weight is 150 g/mol. The zero-order chi connectivity index (χ0) is 8.27. The van der Waals surface area contributed by atoms with E-state index in [0.717, 1.165) is 0 Å². The highest BCUT2D eigenvalue weighted by atomic mass is 19.1. The second-order valence-electron chi connectivity index (χ2n) is 2.16. The third-order valence-corrected chi connectivity index (χ3v) is 1.35. The molecule has 0 aromatic heterocycles. The largest absolute Gasteiger partial charge is 0.312 e. The van der Waals surface area contributed by atoms with Gasteiger partial charge in [0.1, 0.15) is 11.9 Å². The van der Waals surface area contributed by atoms with Crippen LogP contribution in [-0.2, 0) is 0 Å². The minimum absolute atomic E-state index is 0.367. The lowest BCUT2D eigenvalue weighted by Crippen LogP contribution is -2.06. The first-order chi connectivity index (χ1) is 5.24. The standard InChI is InChI=1S/C8H7FN2/c9-7-3-1-2-6(4-7)8(11)5-10/h1-4,8H,11H2/t8-/m1/s1. The molecule has 0 fully saturated rings. The fourth-order valence-corrected chi connectivity index (χ4v) is 0.775. The number of rotatable bonds is 1. The Morgan fingerprint density at radius 3 is 2.82 bits per heavy atom. The van der Waals surface area contributed by atoms with E-state index in [9.17, 15) is 4.39 Å². The van der Waals surface area contributed by atoms with Gasteiger partial charge in [0.2, 0.25) is 0 Å². The Kier molecular flexibility index (Phi) is 2.19. The fourth-order valence-electron chi connectivity index (χ4n) is 0.775. The summed E-state index contributed by atoms with van der Waals surface area (Å²) in [5.41, 5.74) is 5.84. The van der Waals surface area contributed by atoms with E-state index in [2.05, 4.69) is 0 Å². The summed E-state index contributed by atoms with van der Waals surface area (Å²) < 4.78 is 12.5. The zero-order valence-electron chi connectivity index (χ0n) is 5.79. The number of hydrogen-bond acceptors (Lipinski definition) is 2. The van der Waals surface area contributed by atoms with E-state index >= 15 is 0 Å². The molecular weight excluding hydrogens is 143 g/mol. The minimum Gasteiger partial charge on any atom is -0.312 e. The maximum absolute atomic E-state index is 12.5. The van der Waals surface area contributed by atoms with Gasteiger partial charge in [0.15, 0.2) is 0 Å². The third kappa shape index (κ3) is 1.76. The molecule has 56 valence electrons. The van der Waals surface area contributed by atoms with Crippen LogP contribution >= 0.6 is 0 Å². The van der Waals surface area contributed by atoms with E-state index in [1.54, 1.807) is 6.07 Å². The predicted octanol–water partition coefficient (Wildman–Crippen LogP) is 1.35. The Bertz CT molecular complexity index is 290. The number of nitrogens with two attached hydrogens (primary N) is 1. The molecule has 0 amide bonds. The molecule has 3 heteroatoms. The van der Waals surface area contributed by atoms with Crippen molar-refractivity contribution in [3.63, 3.8) is 0 Å². The van der Waals surface area contributed by atoms with Crippen LogP contribution in [0.2, 0.25) is 0 Å².